The second-order valence-corrected chi connectivity index (χ2v) is 7.29. The average molecular weight is 416 g/mol. The molecule has 0 aliphatic rings. The number of carbonyl (C=O) groups is 1. The van der Waals surface area contributed by atoms with Crippen molar-refractivity contribution in [2.45, 2.75) is 19.4 Å². The van der Waals surface area contributed by atoms with Gasteiger partial charge in [0.05, 0.1) is 32.2 Å². The van der Waals surface area contributed by atoms with E-state index in [9.17, 15) is 4.79 Å². The summed E-state index contributed by atoms with van der Waals surface area (Å²) in [6.45, 7) is 2.07. The van der Waals surface area contributed by atoms with E-state index in [1.807, 2.05) is 24.3 Å². The number of aromatic nitrogens is 2. The summed E-state index contributed by atoms with van der Waals surface area (Å²) in [5.74, 6) is 1.57. The van der Waals surface area contributed by atoms with E-state index in [-0.39, 0.29) is 12.5 Å². The number of fused-ring (bicyclic) bond motifs is 2. The molecule has 4 aromatic rings. The molecule has 0 aliphatic carbocycles. The number of hydrogen-bond acceptors (Lipinski definition) is 6. The van der Waals surface area contributed by atoms with Crippen LogP contribution in [0.2, 0.25) is 0 Å². The number of hydrogen-bond donors (Lipinski definition) is 2. The smallest absolute Gasteiger partial charge is 0.225 e. The fourth-order valence-corrected chi connectivity index (χ4v) is 3.76. The van der Waals surface area contributed by atoms with E-state index in [0.717, 1.165) is 10.9 Å². The van der Waals surface area contributed by atoms with Gasteiger partial charge in [-0.2, -0.15) is 0 Å². The summed E-state index contributed by atoms with van der Waals surface area (Å²) in [5, 5.41) is 6.59. The fraction of sp³-hybridized carbons (Fsp3) is 0.208. The summed E-state index contributed by atoms with van der Waals surface area (Å²) in [6, 6.07) is 18.0. The Labute approximate surface area is 180 Å². The highest BCUT2D eigenvalue weighted by Gasteiger charge is 2.17. The summed E-state index contributed by atoms with van der Waals surface area (Å²) < 4.78 is 10.9. The van der Waals surface area contributed by atoms with Crippen LogP contribution < -0.4 is 20.5 Å². The van der Waals surface area contributed by atoms with Crippen LogP contribution in [0, 0.1) is 0 Å². The van der Waals surface area contributed by atoms with Crippen molar-refractivity contribution in [3.05, 3.63) is 66.0 Å². The molecule has 0 unspecified atom stereocenters. The first-order valence-corrected chi connectivity index (χ1v) is 9.95. The topological polar surface area (TPSA) is 99.4 Å². The van der Waals surface area contributed by atoms with Crippen molar-refractivity contribution < 1.29 is 14.3 Å². The monoisotopic (exact) mass is 416 g/mol. The van der Waals surface area contributed by atoms with Crippen LogP contribution in [-0.4, -0.2) is 30.1 Å². The quantitative estimate of drug-likeness (QED) is 0.472. The van der Waals surface area contributed by atoms with E-state index in [4.69, 9.17) is 15.2 Å². The van der Waals surface area contributed by atoms with E-state index in [1.165, 1.54) is 10.8 Å². The molecule has 0 radical (unpaired) electrons. The van der Waals surface area contributed by atoms with Gasteiger partial charge in [-0.3, -0.25) is 4.79 Å². The third kappa shape index (κ3) is 4.07. The second kappa shape index (κ2) is 8.47. The predicted octanol–water partition coefficient (Wildman–Crippen LogP) is 4.00. The van der Waals surface area contributed by atoms with Gasteiger partial charge < -0.3 is 20.5 Å². The van der Waals surface area contributed by atoms with Crippen LogP contribution in [0.5, 0.6) is 11.5 Å². The fourth-order valence-electron chi connectivity index (χ4n) is 3.76. The summed E-state index contributed by atoms with van der Waals surface area (Å²) in [5.41, 5.74) is 7.17. The first-order chi connectivity index (χ1) is 15.0. The molecule has 7 heteroatoms. The largest absolute Gasteiger partial charge is 0.493 e. The maximum Gasteiger partial charge on any atom is 0.225 e. The number of rotatable bonds is 7. The van der Waals surface area contributed by atoms with E-state index >= 15 is 0 Å². The van der Waals surface area contributed by atoms with Crippen LogP contribution >= 0.6 is 0 Å². The number of nitrogens with one attached hydrogen (secondary N) is 1. The summed E-state index contributed by atoms with van der Waals surface area (Å²) in [7, 11) is 3.15. The molecule has 0 saturated heterocycles. The zero-order valence-corrected chi connectivity index (χ0v) is 17.7. The van der Waals surface area contributed by atoms with Crippen molar-refractivity contribution >= 4 is 33.4 Å². The van der Waals surface area contributed by atoms with Crippen molar-refractivity contribution in [2.24, 2.45) is 5.73 Å². The molecule has 0 fully saturated rings. The zero-order valence-electron chi connectivity index (χ0n) is 17.7. The number of carbonyl (C=O) groups excluding carboxylic acids is 1. The summed E-state index contributed by atoms with van der Waals surface area (Å²) in [6.07, 6.45) is -0.0540. The molecule has 1 aromatic heterocycles. The number of methoxy groups -OCH3 is 2. The maximum atomic E-state index is 11.5. The van der Waals surface area contributed by atoms with Gasteiger partial charge in [-0.25, -0.2) is 9.97 Å². The molecule has 3 aromatic carbocycles. The van der Waals surface area contributed by atoms with Crippen LogP contribution in [0.1, 0.15) is 24.4 Å². The van der Waals surface area contributed by atoms with Gasteiger partial charge in [0.25, 0.3) is 0 Å². The molecular weight excluding hydrogens is 392 g/mol. The number of primary amides is 1. The Morgan fingerprint density at radius 2 is 1.71 bits per heavy atom. The Bertz CT molecular complexity index is 1270. The lowest BCUT2D eigenvalue weighted by Crippen LogP contribution is -2.17. The Morgan fingerprint density at radius 3 is 2.45 bits per heavy atom. The molecule has 3 N–H and O–H groups in total. The van der Waals surface area contributed by atoms with Crippen molar-refractivity contribution in [3.8, 4) is 11.5 Å². The first-order valence-electron chi connectivity index (χ1n) is 9.95. The van der Waals surface area contributed by atoms with Crippen molar-refractivity contribution in [1.29, 1.82) is 0 Å². The normalized spacial score (nSPS) is 12.0. The Kier molecular flexibility index (Phi) is 5.58. The van der Waals surface area contributed by atoms with E-state index in [1.54, 1.807) is 20.3 Å². The number of nitrogens with two attached hydrogens (primary N) is 1. The van der Waals surface area contributed by atoms with Gasteiger partial charge in [0.15, 0.2) is 11.5 Å². The van der Waals surface area contributed by atoms with Crippen LogP contribution in [0.15, 0.2) is 54.6 Å². The SMILES string of the molecule is COc1cc2nc(CC(N)=O)nc(N[C@H](C)c3cccc4ccccc34)c2cc1OC. The predicted molar refractivity (Wildman–Crippen MR) is 122 cm³/mol. The van der Waals surface area contributed by atoms with Gasteiger partial charge in [0.1, 0.15) is 11.6 Å². The number of benzene rings is 3. The molecule has 4 rings (SSSR count). The molecule has 0 aliphatic heterocycles. The minimum Gasteiger partial charge on any atom is -0.493 e. The van der Waals surface area contributed by atoms with Gasteiger partial charge >= 0.3 is 0 Å². The third-order valence-corrected chi connectivity index (χ3v) is 5.22. The number of nitrogens with zero attached hydrogens (tertiary/aromatic N) is 2. The van der Waals surface area contributed by atoms with Crippen LogP contribution in [0.25, 0.3) is 21.7 Å². The lowest BCUT2D eigenvalue weighted by atomic mass is 9.99. The van der Waals surface area contributed by atoms with E-state index < -0.39 is 5.91 Å². The molecular formula is C24H24N4O3. The highest BCUT2D eigenvalue weighted by molar-refractivity contribution is 5.93. The third-order valence-electron chi connectivity index (χ3n) is 5.22. The summed E-state index contributed by atoms with van der Waals surface area (Å²) >= 11 is 0. The number of anilines is 1. The van der Waals surface area contributed by atoms with Crippen molar-refractivity contribution in [2.75, 3.05) is 19.5 Å². The summed E-state index contributed by atoms with van der Waals surface area (Å²) in [4.78, 5) is 20.6. The maximum absolute atomic E-state index is 11.5. The molecule has 1 heterocycles. The standard InChI is InChI=1S/C24H24N4O3/c1-14(16-10-6-8-15-7-4-5-9-17(15)16)26-24-18-11-20(30-2)21(31-3)12-19(18)27-23(28-24)13-22(25)29/h4-12,14H,13H2,1-3H3,(H2,25,29)(H,26,27,28)/t14-/m1/s1. The average Bonchev–Trinajstić information content (AvgIpc) is 2.77. The van der Waals surface area contributed by atoms with Gasteiger partial charge in [0, 0.05) is 11.5 Å². The first kappa shape index (κ1) is 20.4. The van der Waals surface area contributed by atoms with Crippen molar-refractivity contribution in [3.63, 3.8) is 0 Å². The van der Waals surface area contributed by atoms with Gasteiger partial charge in [0.2, 0.25) is 5.91 Å². The molecule has 0 spiro atoms. The minimum atomic E-state index is -0.493. The number of amides is 1. The van der Waals surface area contributed by atoms with Crippen LogP contribution in [0.3, 0.4) is 0 Å². The molecule has 0 saturated carbocycles. The Balaban J connectivity index is 1.83. The van der Waals surface area contributed by atoms with Gasteiger partial charge in [-0.15, -0.1) is 0 Å². The molecule has 1 amide bonds. The van der Waals surface area contributed by atoms with E-state index in [2.05, 4.69) is 46.5 Å². The highest BCUT2D eigenvalue weighted by atomic mass is 16.5. The molecule has 158 valence electrons. The number of ether oxygens (including phenoxy) is 2. The molecule has 31 heavy (non-hydrogen) atoms. The van der Waals surface area contributed by atoms with E-state index in [0.29, 0.717) is 28.7 Å². The van der Waals surface area contributed by atoms with Crippen LogP contribution in [0.4, 0.5) is 5.82 Å². The zero-order chi connectivity index (χ0) is 22.0. The van der Waals surface area contributed by atoms with Crippen molar-refractivity contribution in [1.82, 2.24) is 9.97 Å². The molecule has 1 atom stereocenters. The molecule has 0 bridgehead atoms. The Hall–Kier alpha value is -3.87. The van der Waals surface area contributed by atoms with Gasteiger partial charge in [-0.1, -0.05) is 42.5 Å². The van der Waals surface area contributed by atoms with Gasteiger partial charge in [-0.05, 0) is 29.3 Å². The lowest BCUT2D eigenvalue weighted by Gasteiger charge is -2.19. The lowest BCUT2D eigenvalue weighted by molar-refractivity contribution is -0.117. The van der Waals surface area contributed by atoms with Crippen LogP contribution in [-0.2, 0) is 11.2 Å². The highest BCUT2D eigenvalue weighted by Crippen LogP contribution is 2.35. The minimum absolute atomic E-state index is 0.0540. The molecule has 7 nitrogen and oxygen atoms in total. The Morgan fingerprint density at radius 1 is 1.00 bits per heavy atom. The second-order valence-electron chi connectivity index (χ2n) is 7.29.